The van der Waals surface area contributed by atoms with E-state index < -0.39 is 41.7 Å². The standard InChI is InChI=1S/C68H53N4O2.Pt/c1-67(2,3)49-37-57(45-18-11-8-12-19-45)66-58(38-49)46-24-29-51(30-25-46)73-52-31-26-47(27-32-52)59-42-69-65(41-60(59)68(4,5)6)72-63-36-48(44-16-9-7-10-17-44)28-34-55(63)56-35-33-54(40-64(56)72)74-53-21-15-20-50(39-53)70-43-71(66)62-23-14-13-22-61(62)70;/h7-38,41-43H,1-6H3;/q-3;/i7D,9D,10D,16D,17D,28D,34D,36D;. The smallest absolute Gasteiger partial charge is 0.135 e. The Morgan fingerprint density at radius 2 is 1.17 bits per heavy atom. The summed E-state index contributed by atoms with van der Waals surface area (Å²) < 4.78 is 87.3. The van der Waals surface area contributed by atoms with Crippen LogP contribution in [-0.2, 0) is 31.9 Å². The van der Waals surface area contributed by atoms with E-state index >= 15 is 0 Å². The van der Waals surface area contributed by atoms with Crippen molar-refractivity contribution in [1.29, 1.82) is 0 Å². The first-order chi connectivity index (χ1) is 39.2. The zero-order valence-corrected chi connectivity index (χ0v) is 44.3. The molecule has 0 radical (unpaired) electrons. The third-order valence-corrected chi connectivity index (χ3v) is 13.8. The van der Waals surface area contributed by atoms with Crippen LogP contribution in [0.25, 0.3) is 72.1 Å². The molecule has 11 aromatic rings. The molecule has 0 unspecified atom stereocenters. The van der Waals surface area contributed by atoms with Crippen LogP contribution in [-0.4, -0.2) is 9.55 Å². The molecule has 12 bridgehead atoms. The number of rotatable bonds is 2. The van der Waals surface area contributed by atoms with Gasteiger partial charge in [-0.25, -0.2) is 4.98 Å². The van der Waals surface area contributed by atoms with Crippen LogP contribution >= 0.6 is 0 Å². The molecule has 370 valence electrons. The van der Waals surface area contributed by atoms with Crippen LogP contribution in [0.15, 0.2) is 206 Å². The maximum atomic E-state index is 9.97. The fourth-order valence-electron chi connectivity index (χ4n) is 10.1. The van der Waals surface area contributed by atoms with Gasteiger partial charge in [-0.3, -0.25) is 0 Å². The Bertz CT molecular complexity index is 4410. The van der Waals surface area contributed by atoms with E-state index in [9.17, 15) is 4.11 Å². The minimum absolute atomic E-state index is 0. The molecule has 16 rings (SSSR count). The van der Waals surface area contributed by atoms with E-state index in [1.54, 1.807) is 22.9 Å². The number of aromatic nitrogens is 2. The molecule has 0 fully saturated rings. The molecule has 2 aromatic heterocycles. The Balaban J connectivity index is 0.00000680. The molecule has 9 aromatic carbocycles. The first-order valence-electron chi connectivity index (χ1n) is 28.7. The van der Waals surface area contributed by atoms with Crippen LogP contribution in [0, 0.1) is 18.8 Å². The molecule has 6 nitrogen and oxygen atoms in total. The molecule has 0 saturated carbocycles. The number of pyridine rings is 1. The van der Waals surface area contributed by atoms with E-state index in [0.717, 1.165) is 56.0 Å². The monoisotopic (exact) mass is 1160 g/mol. The van der Waals surface area contributed by atoms with Gasteiger partial charge in [-0.15, -0.1) is 48.1 Å². The van der Waals surface area contributed by atoms with Crippen LogP contribution in [0.1, 0.15) is 63.6 Å². The van der Waals surface area contributed by atoms with Crippen molar-refractivity contribution >= 4 is 44.6 Å². The predicted octanol–water partition coefficient (Wildman–Crippen LogP) is 18.3. The van der Waals surface area contributed by atoms with Crippen LogP contribution < -0.4 is 19.3 Å². The average Bonchev–Trinajstić information content (AvgIpc) is 1.76. The maximum absolute atomic E-state index is 9.97. The van der Waals surface area contributed by atoms with Crippen LogP contribution in [0.3, 0.4) is 0 Å². The fraction of sp³-hybridized carbons (Fsp3) is 0.118. The first kappa shape index (κ1) is 39.3. The third-order valence-electron chi connectivity index (χ3n) is 13.8. The number of anilines is 4. The summed E-state index contributed by atoms with van der Waals surface area (Å²) in [6, 6.07) is 53.7. The number of para-hydroxylation sites is 2. The Morgan fingerprint density at radius 1 is 0.533 bits per heavy atom. The predicted molar refractivity (Wildman–Crippen MR) is 303 cm³/mol. The number of hydrogen-bond donors (Lipinski definition) is 0. The van der Waals surface area contributed by atoms with Gasteiger partial charge in [-0.05, 0) is 116 Å². The summed E-state index contributed by atoms with van der Waals surface area (Å²) >= 11 is 0. The van der Waals surface area contributed by atoms with Crippen LogP contribution in [0.5, 0.6) is 23.0 Å². The van der Waals surface area contributed by atoms with Crippen molar-refractivity contribution in [2.24, 2.45) is 0 Å². The molecule has 7 heterocycles. The second-order valence-corrected chi connectivity index (χ2v) is 20.8. The van der Waals surface area contributed by atoms with Gasteiger partial charge in [0.15, 0.2) is 0 Å². The van der Waals surface area contributed by atoms with E-state index in [2.05, 4.69) is 131 Å². The van der Waals surface area contributed by atoms with Crippen molar-refractivity contribution in [2.75, 3.05) is 9.80 Å². The Labute approximate surface area is 465 Å². The molecule has 0 spiro atoms. The summed E-state index contributed by atoms with van der Waals surface area (Å²) in [6.07, 6.45) is 1.79. The number of nitrogens with zero attached hydrogens (tertiary/aromatic N) is 4. The summed E-state index contributed by atoms with van der Waals surface area (Å²) in [5.74, 6) is 2.33. The van der Waals surface area contributed by atoms with Crippen molar-refractivity contribution in [3.8, 4) is 73.3 Å². The Morgan fingerprint density at radius 3 is 1.85 bits per heavy atom. The number of benzene rings is 9. The first-order valence-corrected chi connectivity index (χ1v) is 24.7. The zero-order chi connectivity index (χ0) is 57.3. The second kappa shape index (κ2) is 18.6. The molecule has 5 aliphatic heterocycles. The zero-order valence-electron chi connectivity index (χ0n) is 50.0. The van der Waals surface area contributed by atoms with Gasteiger partial charge in [0.2, 0.25) is 0 Å². The number of fused-ring (bicyclic) bond motifs is 6. The molecule has 0 N–H and O–H groups in total. The molecular formula is C68H53N4O2Pt-3. The summed E-state index contributed by atoms with van der Waals surface area (Å²) in [7, 11) is 0. The van der Waals surface area contributed by atoms with Gasteiger partial charge in [-0.1, -0.05) is 156 Å². The summed E-state index contributed by atoms with van der Waals surface area (Å²) in [4.78, 5) is 9.46. The minimum Gasteiger partial charge on any atom is -0.509 e. The Hall–Kier alpha value is -8.18. The van der Waals surface area contributed by atoms with Crippen LogP contribution in [0.4, 0.5) is 22.7 Å². The molecular weight excluding hydrogens is 1100 g/mol. The summed E-state index contributed by atoms with van der Waals surface area (Å²) in [5.41, 5.74) is 10.8. The van der Waals surface area contributed by atoms with Crippen molar-refractivity contribution in [3.05, 3.63) is 236 Å². The number of hydrogen-bond acceptors (Lipinski definition) is 5. The van der Waals surface area contributed by atoms with Gasteiger partial charge in [0, 0.05) is 78.0 Å². The summed E-state index contributed by atoms with van der Waals surface area (Å²) in [6.45, 7) is 15.1. The third kappa shape index (κ3) is 8.67. The normalized spacial score (nSPS) is 14.4. The van der Waals surface area contributed by atoms with Crippen molar-refractivity contribution in [2.45, 2.75) is 52.4 Å². The second-order valence-electron chi connectivity index (χ2n) is 20.8. The average molecular weight is 1160 g/mol. The number of ether oxygens (including phenoxy) is 2. The van der Waals surface area contributed by atoms with Crippen molar-refractivity contribution in [1.82, 2.24) is 9.55 Å². The van der Waals surface area contributed by atoms with E-state index in [1.807, 2.05) is 78.9 Å². The van der Waals surface area contributed by atoms with E-state index in [0.29, 0.717) is 39.7 Å². The van der Waals surface area contributed by atoms with Gasteiger partial charge in [-0.2, -0.15) is 12.1 Å². The topological polar surface area (TPSA) is 42.8 Å². The fourth-order valence-corrected chi connectivity index (χ4v) is 10.1. The molecule has 0 saturated heterocycles. The van der Waals surface area contributed by atoms with Crippen molar-refractivity contribution < 1.29 is 41.5 Å². The van der Waals surface area contributed by atoms with Gasteiger partial charge >= 0.3 is 0 Å². The Kier molecular flexibility index (Phi) is 9.77. The minimum atomic E-state index is -0.612. The molecule has 0 aliphatic carbocycles. The quantitative estimate of drug-likeness (QED) is 0.161. The van der Waals surface area contributed by atoms with Gasteiger partial charge < -0.3 is 23.8 Å². The van der Waals surface area contributed by atoms with Crippen molar-refractivity contribution in [3.63, 3.8) is 0 Å². The maximum Gasteiger partial charge on any atom is 0.135 e. The molecule has 0 amide bonds. The van der Waals surface area contributed by atoms with E-state index in [4.69, 9.17) is 21.3 Å². The molecule has 75 heavy (non-hydrogen) atoms. The largest absolute Gasteiger partial charge is 0.509 e. The van der Waals surface area contributed by atoms with Gasteiger partial charge in [0.1, 0.15) is 17.3 Å². The van der Waals surface area contributed by atoms with E-state index in [-0.39, 0.29) is 66.3 Å². The molecule has 5 aliphatic rings. The SMILES string of the molecule is [2H]c1c([2H])c([2H])c(-c2c([2H])c([2H])c3c4ccc5[c-]c4n(c3c2[2H])-c2cc(C(C)(C)C)c(cn2)-c2ccc(cc2)Oc2ccc(cc2)-c2cc(C(C)(C)C)cc(-c3ccccc3)c2N2[CH-]N(c3[c-]c(ccc3)O5)c3ccccc32)c([2H])c1[2H].[Pt]. The van der Waals surface area contributed by atoms with Gasteiger partial charge in [0.05, 0.1) is 11.0 Å². The van der Waals surface area contributed by atoms with Gasteiger partial charge in [0.25, 0.3) is 0 Å². The summed E-state index contributed by atoms with van der Waals surface area (Å²) in [5, 5.41) is 0.698. The van der Waals surface area contributed by atoms with E-state index in [1.165, 1.54) is 5.56 Å². The van der Waals surface area contributed by atoms with Crippen LogP contribution in [0.2, 0.25) is 0 Å². The molecule has 7 heteroatoms. The molecule has 0 atom stereocenters.